The van der Waals surface area contributed by atoms with Crippen molar-refractivity contribution in [2.24, 2.45) is 11.8 Å². The summed E-state index contributed by atoms with van der Waals surface area (Å²) in [5, 5.41) is 9.38. The number of nitrogens with zero attached hydrogens (tertiary/aromatic N) is 1. The number of hydrogen-bond donors (Lipinski definition) is 1. The molecular formula is C16H25NO2. The van der Waals surface area contributed by atoms with E-state index in [0.717, 1.165) is 24.3 Å². The number of rotatable bonds is 6. The first kappa shape index (κ1) is 15.5. The minimum Gasteiger partial charge on any atom is -0.478 e. The number of aryl methyl sites for hydroxylation is 1. The first-order valence-electron chi connectivity index (χ1n) is 6.90. The van der Waals surface area contributed by atoms with Crippen LogP contribution in [0.5, 0.6) is 0 Å². The Morgan fingerprint density at radius 3 is 2.11 bits per heavy atom. The van der Waals surface area contributed by atoms with Gasteiger partial charge in [0.05, 0.1) is 11.3 Å². The molecule has 0 unspecified atom stereocenters. The van der Waals surface area contributed by atoms with Crippen LogP contribution in [0.3, 0.4) is 0 Å². The highest BCUT2D eigenvalue weighted by molar-refractivity contribution is 5.94. The Hall–Kier alpha value is -1.51. The lowest BCUT2D eigenvalue weighted by Gasteiger charge is -2.29. The van der Waals surface area contributed by atoms with E-state index < -0.39 is 5.97 Å². The molecule has 0 radical (unpaired) electrons. The average Bonchev–Trinajstić information content (AvgIpc) is 2.26. The molecule has 1 rings (SSSR count). The zero-order valence-corrected chi connectivity index (χ0v) is 12.6. The Bertz CT molecular complexity index is 428. The summed E-state index contributed by atoms with van der Waals surface area (Å²) < 4.78 is 0. The minimum atomic E-state index is -0.851. The quantitative estimate of drug-likeness (QED) is 0.848. The normalized spacial score (nSPS) is 11.1. The third-order valence-corrected chi connectivity index (χ3v) is 2.89. The molecule has 3 heteroatoms. The topological polar surface area (TPSA) is 40.5 Å². The van der Waals surface area contributed by atoms with Gasteiger partial charge in [0.15, 0.2) is 0 Å². The maximum absolute atomic E-state index is 11.4. The van der Waals surface area contributed by atoms with Gasteiger partial charge in [-0.1, -0.05) is 39.3 Å². The van der Waals surface area contributed by atoms with E-state index in [9.17, 15) is 9.90 Å². The number of hydrogen-bond acceptors (Lipinski definition) is 2. The zero-order valence-electron chi connectivity index (χ0n) is 12.6. The van der Waals surface area contributed by atoms with Gasteiger partial charge >= 0.3 is 5.97 Å². The van der Waals surface area contributed by atoms with E-state index in [1.807, 2.05) is 19.1 Å². The van der Waals surface area contributed by atoms with Crippen molar-refractivity contribution < 1.29 is 9.90 Å². The van der Waals surface area contributed by atoms with Crippen LogP contribution in [-0.4, -0.2) is 24.2 Å². The summed E-state index contributed by atoms with van der Waals surface area (Å²) in [6, 6.07) is 5.67. The van der Waals surface area contributed by atoms with Gasteiger partial charge in [-0.3, -0.25) is 0 Å². The molecule has 0 aliphatic carbocycles. The van der Waals surface area contributed by atoms with Gasteiger partial charge in [0.2, 0.25) is 0 Å². The Labute approximate surface area is 116 Å². The fourth-order valence-corrected chi connectivity index (χ4v) is 2.25. The van der Waals surface area contributed by atoms with Gasteiger partial charge in [0, 0.05) is 13.1 Å². The third kappa shape index (κ3) is 4.58. The molecule has 1 aromatic carbocycles. The average molecular weight is 263 g/mol. The standard InChI is InChI=1S/C16H25NO2/c1-11(2)9-17(10-12(3)4)15-7-6-13(5)8-14(15)16(18)19/h6-8,11-12H,9-10H2,1-5H3,(H,18,19). The maximum Gasteiger partial charge on any atom is 0.337 e. The minimum absolute atomic E-state index is 0.404. The fraction of sp³-hybridized carbons (Fsp3) is 0.562. The molecule has 1 aromatic rings. The highest BCUT2D eigenvalue weighted by Crippen LogP contribution is 2.24. The Balaban J connectivity index is 3.16. The zero-order chi connectivity index (χ0) is 14.6. The van der Waals surface area contributed by atoms with E-state index in [2.05, 4.69) is 32.6 Å². The molecule has 0 bridgehead atoms. The van der Waals surface area contributed by atoms with Crippen LogP contribution in [0.2, 0.25) is 0 Å². The summed E-state index contributed by atoms with van der Waals surface area (Å²) in [5.74, 6) is 0.152. The lowest BCUT2D eigenvalue weighted by molar-refractivity contribution is 0.0697. The molecule has 0 atom stereocenters. The van der Waals surface area contributed by atoms with Crippen molar-refractivity contribution in [1.29, 1.82) is 0 Å². The van der Waals surface area contributed by atoms with E-state index in [4.69, 9.17) is 0 Å². The predicted octanol–water partition coefficient (Wildman–Crippen LogP) is 3.81. The van der Waals surface area contributed by atoms with Crippen LogP contribution >= 0.6 is 0 Å². The van der Waals surface area contributed by atoms with Gasteiger partial charge in [-0.25, -0.2) is 4.79 Å². The molecule has 0 saturated heterocycles. The van der Waals surface area contributed by atoms with E-state index >= 15 is 0 Å². The van der Waals surface area contributed by atoms with Crippen LogP contribution < -0.4 is 4.90 Å². The molecule has 0 heterocycles. The second kappa shape index (κ2) is 6.60. The molecule has 0 aliphatic heterocycles. The van der Waals surface area contributed by atoms with Crippen LogP contribution in [0.4, 0.5) is 5.69 Å². The molecule has 0 spiro atoms. The third-order valence-electron chi connectivity index (χ3n) is 2.89. The molecule has 1 N–H and O–H groups in total. The second-order valence-corrected chi connectivity index (χ2v) is 6.02. The van der Waals surface area contributed by atoms with Crippen LogP contribution in [-0.2, 0) is 0 Å². The fourth-order valence-electron chi connectivity index (χ4n) is 2.25. The molecule has 0 aliphatic rings. The molecular weight excluding hydrogens is 238 g/mol. The van der Waals surface area contributed by atoms with Crippen molar-refractivity contribution in [1.82, 2.24) is 0 Å². The Morgan fingerprint density at radius 2 is 1.68 bits per heavy atom. The number of anilines is 1. The lowest BCUT2D eigenvalue weighted by Crippen LogP contribution is -2.32. The summed E-state index contributed by atoms with van der Waals surface area (Å²) in [4.78, 5) is 13.6. The Morgan fingerprint density at radius 1 is 1.16 bits per heavy atom. The van der Waals surface area contributed by atoms with Gasteiger partial charge in [-0.05, 0) is 30.9 Å². The molecule has 0 fully saturated rings. The molecule has 0 amide bonds. The number of carbonyl (C=O) groups is 1. The second-order valence-electron chi connectivity index (χ2n) is 6.02. The number of aromatic carboxylic acids is 1. The molecule has 19 heavy (non-hydrogen) atoms. The van der Waals surface area contributed by atoms with E-state index in [1.54, 1.807) is 6.07 Å². The van der Waals surface area contributed by atoms with Gasteiger partial charge < -0.3 is 10.0 Å². The van der Waals surface area contributed by atoms with Crippen molar-refractivity contribution in [3.05, 3.63) is 29.3 Å². The largest absolute Gasteiger partial charge is 0.478 e. The molecule has 0 saturated carbocycles. The smallest absolute Gasteiger partial charge is 0.337 e. The van der Waals surface area contributed by atoms with E-state index in [0.29, 0.717) is 17.4 Å². The lowest BCUT2D eigenvalue weighted by atomic mass is 10.1. The van der Waals surface area contributed by atoms with E-state index in [1.165, 1.54) is 0 Å². The van der Waals surface area contributed by atoms with Crippen molar-refractivity contribution >= 4 is 11.7 Å². The monoisotopic (exact) mass is 263 g/mol. The summed E-state index contributed by atoms with van der Waals surface area (Å²) in [7, 11) is 0. The molecule has 0 aromatic heterocycles. The maximum atomic E-state index is 11.4. The SMILES string of the molecule is Cc1ccc(N(CC(C)C)CC(C)C)c(C(=O)O)c1. The van der Waals surface area contributed by atoms with Crippen molar-refractivity contribution in [3.63, 3.8) is 0 Å². The van der Waals surface area contributed by atoms with Gasteiger partial charge in [-0.2, -0.15) is 0 Å². The van der Waals surface area contributed by atoms with Gasteiger partial charge in [0.1, 0.15) is 0 Å². The van der Waals surface area contributed by atoms with Crippen LogP contribution in [0.1, 0.15) is 43.6 Å². The highest BCUT2D eigenvalue weighted by Gasteiger charge is 2.17. The first-order valence-corrected chi connectivity index (χ1v) is 6.90. The van der Waals surface area contributed by atoms with Crippen LogP contribution in [0.25, 0.3) is 0 Å². The van der Waals surface area contributed by atoms with Crippen LogP contribution in [0.15, 0.2) is 18.2 Å². The highest BCUT2D eigenvalue weighted by atomic mass is 16.4. The summed E-state index contributed by atoms with van der Waals surface area (Å²) in [6.07, 6.45) is 0. The number of carboxylic acid groups (broad SMARTS) is 1. The first-order chi connectivity index (χ1) is 8.81. The van der Waals surface area contributed by atoms with Crippen LogP contribution in [0, 0.1) is 18.8 Å². The van der Waals surface area contributed by atoms with Crippen molar-refractivity contribution in [2.75, 3.05) is 18.0 Å². The van der Waals surface area contributed by atoms with E-state index in [-0.39, 0.29) is 0 Å². The molecule has 106 valence electrons. The van der Waals surface area contributed by atoms with Gasteiger partial charge in [-0.15, -0.1) is 0 Å². The summed E-state index contributed by atoms with van der Waals surface area (Å²) in [6.45, 7) is 12.3. The van der Waals surface area contributed by atoms with Gasteiger partial charge in [0.25, 0.3) is 0 Å². The Kier molecular flexibility index (Phi) is 5.40. The summed E-state index contributed by atoms with van der Waals surface area (Å²) in [5.41, 5.74) is 2.22. The molecule has 3 nitrogen and oxygen atoms in total. The summed E-state index contributed by atoms with van der Waals surface area (Å²) >= 11 is 0. The number of benzene rings is 1. The van der Waals surface area contributed by atoms with Crippen molar-refractivity contribution in [2.45, 2.75) is 34.6 Å². The number of carboxylic acids is 1. The predicted molar refractivity (Wildman–Crippen MR) is 80.0 cm³/mol. The van der Waals surface area contributed by atoms with Crippen molar-refractivity contribution in [3.8, 4) is 0 Å².